The molecule has 1 aliphatic rings. The molecule has 0 aliphatic carbocycles. The lowest BCUT2D eigenvalue weighted by molar-refractivity contribution is -0.132. The minimum atomic E-state index is 0.0557. The Morgan fingerprint density at radius 1 is 1.30 bits per heavy atom. The van der Waals surface area contributed by atoms with Crippen molar-refractivity contribution in [1.29, 1.82) is 0 Å². The van der Waals surface area contributed by atoms with Gasteiger partial charge < -0.3 is 9.80 Å². The number of piperazine rings is 1. The van der Waals surface area contributed by atoms with Crippen LogP contribution in [0.4, 0.5) is 5.13 Å². The summed E-state index contributed by atoms with van der Waals surface area (Å²) >= 11 is 6.98. The van der Waals surface area contributed by atoms with Crippen LogP contribution in [-0.4, -0.2) is 56.7 Å². The first-order valence-electron chi connectivity index (χ1n) is 8.76. The SMILES string of the molecule is Cc1cccc(-c2n[nH]c(=S)n2CC(=O)N2CCN(c3nccs3)CC2)c1. The lowest BCUT2D eigenvalue weighted by Gasteiger charge is -2.34. The summed E-state index contributed by atoms with van der Waals surface area (Å²) in [7, 11) is 0. The molecule has 2 aromatic heterocycles. The van der Waals surface area contributed by atoms with E-state index in [1.165, 1.54) is 0 Å². The molecule has 9 heteroatoms. The molecule has 0 bridgehead atoms. The van der Waals surface area contributed by atoms with E-state index in [1.54, 1.807) is 15.9 Å². The predicted octanol–water partition coefficient (Wildman–Crippen LogP) is 2.72. The van der Waals surface area contributed by atoms with Gasteiger partial charge in [0.25, 0.3) is 0 Å². The maximum absolute atomic E-state index is 12.8. The zero-order valence-electron chi connectivity index (χ0n) is 15.0. The Balaban J connectivity index is 1.46. The second-order valence-corrected chi connectivity index (χ2v) is 7.75. The van der Waals surface area contributed by atoms with Crippen LogP contribution < -0.4 is 4.90 Å². The van der Waals surface area contributed by atoms with E-state index in [-0.39, 0.29) is 12.5 Å². The molecule has 1 N–H and O–H groups in total. The van der Waals surface area contributed by atoms with Crippen molar-refractivity contribution in [3.63, 3.8) is 0 Å². The van der Waals surface area contributed by atoms with Gasteiger partial charge >= 0.3 is 0 Å². The quantitative estimate of drug-likeness (QED) is 0.682. The van der Waals surface area contributed by atoms with Gasteiger partial charge in [-0.15, -0.1) is 11.3 Å². The molecule has 7 nitrogen and oxygen atoms in total. The lowest BCUT2D eigenvalue weighted by Crippen LogP contribution is -2.49. The monoisotopic (exact) mass is 400 g/mol. The maximum atomic E-state index is 12.8. The molecule has 1 fully saturated rings. The Morgan fingerprint density at radius 3 is 2.81 bits per heavy atom. The number of aromatic amines is 1. The third-order valence-corrected chi connectivity index (χ3v) is 5.79. The van der Waals surface area contributed by atoms with Crippen molar-refractivity contribution in [2.24, 2.45) is 0 Å². The highest BCUT2D eigenvalue weighted by Crippen LogP contribution is 2.21. The smallest absolute Gasteiger partial charge is 0.242 e. The number of aryl methyl sites for hydroxylation is 1. The van der Waals surface area contributed by atoms with Crippen molar-refractivity contribution in [2.45, 2.75) is 13.5 Å². The number of hydrogen-bond acceptors (Lipinski definition) is 6. The molecule has 3 aromatic rings. The summed E-state index contributed by atoms with van der Waals surface area (Å²) in [5, 5.41) is 10.1. The first kappa shape index (κ1) is 17.9. The molecule has 1 amide bonds. The molecule has 1 aliphatic heterocycles. The lowest BCUT2D eigenvalue weighted by atomic mass is 10.1. The zero-order chi connectivity index (χ0) is 18.8. The number of rotatable bonds is 4. The zero-order valence-corrected chi connectivity index (χ0v) is 16.6. The Morgan fingerprint density at radius 2 is 2.11 bits per heavy atom. The molecule has 27 heavy (non-hydrogen) atoms. The number of hydrogen-bond donors (Lipinski definition) is 1. The fourth-order valence-electron chi connectivity index (χ4n) is 3.22. The molecule has 0 atom stereocenters. The van der Waals surface area contributed by atoms with E-state index in [0.29, 0.717) is 23.7 Å². The molecule has 1 saturated heterocycles. The second kappa shape index (κ2) is 7.61. The van der Waals surface area contributed by atoms with E-state index in [9.17, 15) is 4.79 Å². The standard InChI is InChI=1S/C18H20N6OS2/c1-13-3-2-4-14(11-13)16-20-21-17(26)24(16)12-15(25)22-6-8-23(9-7-22)18-19-5-10-27-18/h2-5,10-11H,6-9,12H2,1H3,(H,21,26). The summed E-state index contributed by atoms with van der Waals surface area (Å²) in [6.45, 7) is 5.17. The number of thiazole rings is 1. The topological polar surface area (TPSA) is 70.1 Å². The largest absolute Gasteiger partial charge is 0.345 e. The molecule has 1 aromatic carbocycles. The first-order chi connectivity index (χ1) is 13.1. The summed E-state index contributed by atoms with van der Waals surface area (Å²) in [4.78, 5) is 21.3. The van der Waals surface area contributed by atoms with E-state index in [2.05, 4.69) is 20.1 Å². The van der Waals surface area contributed by atoms with E-state index >= 15 is 0 Å². The van der Waals surface area contributed by atoms with Gasteiger partial charge in [-0.05, 0) is 25.2 Å². The van der Waals surface area contributed by atoms with Crippen LogP contribution in [0.1, 0.15) is 5.56 Å². The minimum Gasteiger partial charge on any atom is -0.345 e. The van der Waals surface area contributed by atoms with Gasteiger partial charge in [0.2, 0.25) is 5.91 Å². The Labute approximate surface area is 166 Å². The first-order valence-corrected chi connectivity index (χ1v) is 10.0. The Bertz CT molecular complexity index is 985. The van der Waals surface area contributed by atoms with Gasteiger partial charge in [-0.1, -0.05) is 23.8 Å². The number of carbonyl (C=O) groups excluding carboxylic acids is 1. The normalized spacial score (nSPS) is 14.6. The van der Waals surface area contributed by atoms with Crippen molar-refractivity contribution in [3.05, 3.63) is 46.2 Å². The molecule has 0 unspecified atom stereocenters. The number of nitrogens with zero attached hydrogens (tertiary/aromatic N) is 5. The third kappa shape index (κ3) is 3.79. The van der Waals surface area contributed by atoms with E-state index in [0.717, 1.165) is 29.3 Å². The Kier molecular flexibility index (Phi) is 5.04. The van der Waals surface area contributed by atoms with Crippen molar-refractivity contribution in [3.8, 4) is 11.4 Å². The highest BCUT2D eigenvalue weighted by molar-refractivity contribution is 7.71. The number of amides is 1. The van der Waals surface area contributed by atoms with E-state index < -0.39 is 0 Å². The van der Waals surface area contributed by atoms with E-state index in [4.69, 9.17) is 12.2 Å². The number of benzene rings is 1. The fourth-order valence-corrected chi connectivity index (χ4v) is 4.12. The fraction of sp³-hybridized carbons (Fsp3) is 0.333. The number of anilines is 1. The van der Waals surface area contributed by atoms with Gasteiger partial charge in [0.1, 0.15) is 6.54 Å². The summed E-state index contributed by atoms with van der Waals surface area (Å²) < 4.78 is 2.24. The second-order valence-electron chi connectivity index (χ2n) is 6.49. The molecular formula is C18H20N6OS2. The molecule has 3 heterocycles. The summed E-state index contributed by atoms with van der Waals surface area (Å²) in [6.07, 6.45) is 1.81. The molecule has 4 rings (SSSR count). The van der Waals surface area contributed by atoms with Gasteiger partial charge in [-0.3, -0.25) is 14.5 Å². The van der Waals surface area contributed by atoms with Crippen LogP contribution in [0.25, 0.3) is 11.4 Å². The number of H-pyrrole nitrogens is 1. The van der Waals surface area contributed by atoms with Gasteiger partial charge in [-0.25, -0.2) is 4.98 Å². The average Bonchev–Trinajstić information content (AvgIpc) is 3.33. The molecule has 0 saturated carbocycles. The van der Waals surface area contributed by atoms with Crippen molar-refractivity contribution < 1.29 is 4.79 Å². The molecule has 0 radical (unpaired) electrons. The Hall–Kier alpha value is -2.52. The van der Waals surface area contributed by atoms with E-state index in [1.807, 2.05) is 47.7 Å². The number of carbonyl (C=O) groups is 1. The number of nitrogens with one attached hydrogen (secondary N) is 1. The van der Waals surface area contributed by atoms with Crippen LogP contribution in [0, 0.1) is 11.7 Å². The van der Waals surface area contributed by atoms with Crippen molar-refractivity contribution in [1.82, 2.24) is 24.6 Å². The molecule has 0 spiro atoms. The maximum Gasteiger partial charge on any atom is 0.242 e. The minimum absolute atomic E-state index is 0.0557. The van der Waals surface area contributed by atoms with Crippen LogP contribution >= 0.6 is 23.6 Å². The van der Waals surface area contributed by atoms with Gasteiger partial charge in [-0.2, -0.15) is 5.10 Å². The highest BCUT2D eigenvalue weighted by Gasteiger charge is 2.23. The van der Waals surface area contributed by atoms with Crippen LogP contribution in [0.5, 0.6) is 0 Å². The van der Waals surface area contributed by atoms with Gasteiger partial charge in [0, 0.05) is 43.3 Å². The highest BCUT2D eigenvalue weighted by atomic mass is 32.1. The van der Waals surface area contributed by atoms with Gasteiger partial charge in [0.05, 0.1) is 0 Å². The summed E-state index contributed by atoms with van der Waals surface area (Å²) in [5.41, 5.74) is 2.08. The van der Waals surface area contributed by atoms with Gasteiger partial charge in [0.15, 0.2) is 15.7 Å². The molecule has 140 valence electrons. The van der Waals surface area contributed by atoms with Crippen molar-refractivity contribution in [2.75, 3.05) is 31.1 Å². The van der Waals surface area contributed by atoms with Crippen LogP contribution in [0.3, 0.4) is 0 Å². The number of aromatic nitrogens is 4. The third-order valence-electron chi connectivity index (χ3n) is 4.65. The summed E-state index contributed by atoms with van der Waals surface area (Å²) in [6, 6.07) is 8.03. The predicted molar refractivity (Wildman–Crippen MR) is 108 cm³/mol. The molecular weight excluding hydrogens is 380 g/mol. The van der Waals surface area contributed by atoms with Crippen LogP contribution in [-0.2, 0) is 11.3 Å². The average molecular weight is 401 g/mol. The van der Waals surface area contributed by atoms with Crippen LogP contribution in [0.15, 0.2) is 35.8 Å². The van der Waals surface area contributed by atoms with Crippen molar-refractivity contribution >= 4 is 34.6 Å². The summed E-state index contributed by atoms with van der Waals surface area (Å²) in [5.74, 6) is 0.749. The van der Waals surface area contributed by atoms with Crippen LogP contribution in [0.2, 0.25) is 0 Å².